The molecule has 0 heterocycles. The van der Waals surface area contributed by atoms with Gasteiger partial charge in [-0.25, -0.2) is 13.1 Å². The number of nitrogens with one attached hydrogen (secondary N) is 2. The van der Waals surface area contributed by atoms with Crippen LogP contribution in [0.4, 0.5) is 17.1 Å². The third-order valence-electron chi connectivity index (χ3n) is 2.80. The first kappa shape index (κ1) is 16.1. The molecule has 0 aliphatic carbocycles. The molecule has 0 radical (unpaired) electrons. The molecule has 8 heteroatoms. The van der Waals surface area contributed by atoms with Crippen LogP contribution in [-0.2, 0) is 10.0 Å². The molecule has 0 aliphatic heterocycles. The number of hydrogen-bond donors (Lipinski definition) is 3. The number of nitrogens with two attached hydrogens (primary N) is 1. The Morgan fingerprint density at radius 3 is 2.48 bits per heavy atom. The highest BCUT2D eigenvalue weighted by Gasteiger charge is 2.13. The molecule has 0 amide bonds. The van der Waals surface area contributed by atoms with E-state index in [1.807, 2.05) is 0 Å². The molecule has 0 spiro atoms. The van der Waals surface area contributed by atoms with Gasteiger partial charge in [0.2, 0.25) is 10.0 Å². The standard InChI is InChI=1S/C13H13BrClN3O2S/c1-17-21(19,20)9-3-4-11(16)13(7-9)18-12-5-2-8(15)6-10(12)14/h2-7,17-18H,16H2,1H3. The summed E-state index contributed by atoms with van der Waals surface area (Å²) in [5, 5.41) is 3.67. The van der Waals surface area contributed by atoms with Gasteiger partial charge in [0.05, 0.1) is 22.0 Å². The molecule has 5 nitrogen and oxygen atoms in total. The van der Waals surface area contributed by atoms with Gasteiger partial charge in [-0.05, 0) is 59.4 Å². The Morgan fingerprint density at radius 2 is 1.86 bits per heavy atom. The summed E-state index contributed by atoms with van der Waals surface area (Å²) in [5.41, 5.74) is 7.54. The molecule has 4 N–H and O–H groups in total. The van der Waals surface area contributed by atoms with Crippen molar-refractivity contribution in [3.63, 3.8) is 0 Å². The van der Waals surface area contributed by atoms with Crippen molar-refractivity contribution in [3.8, 4) is 0 Å². The van der Waals surface area contributed by atoms with Crippen LogP contribution in [0.5, 0.6) is 0 Å². The molecule has 0 aromatic heterocycles. The Hall–Kier alpha value is -1.28. The third-order valence-corrected chi connectivity index (χ3v) is 5.11. The van der Waals surface area contributed by atoms with Crippen LogP contribution in [0.25, 0.3) is 0 Å². The number of benzene rings is 2. The largest absolute Gasteiger partial charge is 0.397 e. The molecule has 2 aromatic carbocycles. The molecule has 0 bridgehead atoms. The van der Waals surface area contributed by atoms with Crippen LogP contribution in [0.3, 0.4) is 0 Å². The van der Waals surface area contributed by atoms with Gasteiger partial charge in [-0.15, -0.1) is 0 Å². The number of nitrogen functional groups attached to an aromatic ring is 1. The van der Waals surface area contributed by atoms with Crippen molar-refractivity contribution in [1.82, 2.24) is 4.72 Å². The van der Waals surface area contributed by atoms with E-state index in [-0.39, 0.29) is 4.90 Å². The zero-order chi connectivity index (χ0) is 15.6. The lowest BCUT2D eigenvalue weighted by Crippen LogP contribution is -2.18. The molecule has 0 saturated heterocycles. The second-order valence-electron chi connectivity index (χ2n) is 4.21. The smallest absolute Gasteiger partial charge is 0.240 e. The van der Waals surface area contributed by atoms with Gasteiger partial charge in [-0.2, -0.15) is 0 Å². The fourth-order valence-electron chi connectivity index (χ4n) is 1.66. The summed E-state index contributed by atoms with van der Waals surface area (Å²) < 4.78 is 26.7. The van der Waals surface area contributed by atoms with Gasteiger partial charge in [0.25, 0.3) is 0 Å². The second-order valence-corrected chi connectivity index (χ2v) is 7.38. The summed E-state index contributed by atoms with van der Waals surface area (Å²) in [7, 11) is -2.17. The zero-order valence-corrected chi connectivity index (χ0v) is 14.2. The van der Waals surface area contributed by atoms with Crippen molar-refractivity contribution >= 4 is 54.6 Å². The average Bonchev–Trinajstić information content (AvgIpc) is 2.43. The maximum Gasteiger partial charge on any atom is 0.240 e. The number of halogens is 2. The van der Waals surface area contributed by atoms with Crippen LogP contribution in [0.2, 0.25) is 5.02 Å². The summed E-state index contributed by atoms with van der Waals surface area (Å²) in [6.07, 6.45) is 0. The minimum atomic E-state index is -3.52. The fourth-order valence-corrected chi connectivity index (χ4v) is 3.20. The van der Waals surface area contributed by atoms with Crippen molar-refractivity contribution in [1.29, 1.82) is 0 Å². The summed E-state index contributed by atoms with van der Waals surface area (Å²) in [6, 6.07) is 9.68. The Balaban J connectivity index is 2.42. The van der Waals surface area contributed by atoms with Gasteiger partial charge >= 0.3 is 0 Å². The molecule has 2 rings (SSSR count). The van der Waals surface area contributed by atoms with E-state index in [1.54, 1.807) is 18.2 Å². The molecule has 21 heavy (non-hydrogen) atoms. The quantitative estimate of drug-likeness (QED) is 0.699. The molecule has 0 fully saturated rings. The number of hydrogen-bond acceptors (Lipinski definition) is 4. The molecular weight excluding hydrogens is 378 g/mol. The molecule has 2 aromatic rings. The highest BCUT2D eigenvalue weighted by Crippen LogP contribution is 2.31. The van der Waals surface area contributed by atoms with Crippen LogP contribution in [-0.4, -0.2) is 15.5 Å². The van der Waals surface area contributed by atoms with E-state index in [2.05, 4.69) is 26.0 Å². The van der Waals surface area contributed by atoms with Crippen LogP contribution >= 0.6 is 27.5 Å². The average molecular weight is 391 g/mol. The van der Waals surface area contributed by atoms with E-state index in [9.17, 15) is 8.42 Å². The minimum Gasteiger partial charge on any atom is -0.397 e. The molecule has 0 unspecified atom stereocenters. The van der Waals surface area contributed by atoms with E-state index in [1.165, 1.54) is 25.2 Å². The first-order valence-electron chi connectivity index (χ1n) is 5.88. The van der Waals surface area contributed by atoms with Gasteiger partial charge in [0.1, 0.15) is 0 Å². The van der Waals surface area contributed by atoms with Crippen molar-refractivity contribution in [2.24, 2.45) is 0 Å². The summed E-state index contributed by atoms with van der Waals surface area (Å²) >= 11 is 9.27. The van der Waals surface area contributed by atoms with Gasteiger partial charge < -0.3 is 11.1 Å². The molecule has 0 saturated carbocycles. The monoisotopic (exact) mass is 389 g/mol. The maximum absolute atomic E-state index is 11.8. The van der Waals surface area contributed by atoms with Gasteiger partial charge in [-0.1, -0.05) is 11.6 Å². The Morgan fingerprint density at radius 1 is 1.14 bits per heavy atom. The van der Waals surface area contributed by atoms with E-state index >= 15 is 0 Å². The molecule has 112 valence electrons. The molecule has 0 aliphatic rings. The number of rotatable bonds is 4. The van der Waals surface area contributed by atoms with Crippen LogP contribution in [0, 0.1) is 0 Å². The van der Waals surface area contributed by atoms with Crippen LogP contribution in [0.15, 0.2) is 45.8 Å². The SMILES string of the molecule is CNS(=O)(=O)c1ccc(N)c(Nc2ccc(Cl)cc2Br)c1. The maximum atomic E-state index is 11.8. The van der Waals surface area contributed by atoms with Gasteiger partial charge in [0, 0.05) is 9.50 Å². The van der Waals surface area contributed by atoms with E-state index in [0.29, 0.717) is 16.4 Å². The van der Waals surface area contributed by atoms with Gasteiger partial charge in [-0.3, -0.25) is 0 Å². The van der Waals surface area contributed by atoms with E-state index in [4.69, 9.17) is 17.3 Å². The first-order chi connectivity index (χ1) is 9.83. The highest BCUT2D eigenvalue weighted by atomic mass is 79.9. The predicted molar refractivity (Wildman–Crippen MR) is 89.5 cm³/mol. The Bertz CT molecular complexity index is 781. The van der Waals surface area contributed by atoms with Crippen molar-refractivity contribution in [2.45, 2.75) is 4.90 Å². The Kier molecular flexibility index (Phi) is 4.77. The summed E-state index contributed by atoms with van der Waals surface area (Å²) in [6.45, 7) is 0. The minimum absolute atomic E-state index is 0.131. The Labute approximate surface area is 136 Å². The normalized spacial score (nSPS) is 11.4. The number of anilines is 3. The lowest BCUT2D eigenvalue weighted by molar-refractivity contribution is 0.588. The fraction of sp³-hybridized carbons (Fsp3) is 0.0769. The molecular formula is C13H13BrClN3O2S. The first-order valence-corrected chi connectivity index (χ1v) is 8.54. The lowest BCUT2D eigenvalue weighted by Gasteiger charge is -2.13. The third kappa shape index (κ3) is 3.68. The van der Waals surface area contributed by atoms with Crippen molar-refractivity contribution in [3.05, 3.63) is 45.9 Å². The van der Waals surface area contributed by atoms with Crippen LogP contribution in [0.1, 0.15) is 0 Å². The van der Waals surface area contributed by atoms with Crippen molar-refractivity contribution in [2.75, 3.05) is 18.1 Å². The van der Waals surface area contributed by atoms with Gasteiger partial charge in [0.15, 0.2) is 0 Å². The predicted octanol–water partition coefficient (Wildman–Crippen LogP) is 3.34. The summed E-state index contributed by atoms with van der Waals surface area (Å²) in [4.78, 5) is 0.131. The molecule has 0 atom stereocenters. The van der Waals surface area contributed by atoms with Crippen LogP contribution < -0.4 is 15.8 Å². The topological polar surface area (TPSA) is 84.2 Å². The number of sulfonamides is 1. The second kappa shape index (κ2) is 6.23. The van der Waals surface area contributed by atoms with Crippen molar-refractivity contribution < 1.29 is 8.42 Å². The summed E-state index contributed by atoms with van der Waals surface area (Å²) in [5.74, 6) is 0. The lowest BCUT2D eigenvalue weighted by atomic mass is 10.2. The van der Waals surface area contributed by atoms with E-state index in [0.717, 1.165) is 10.2 Å². The highest BCUT2D eigenvalue weighted by molar-refractivity contribution is 9.10. The zero-order valence-electron chi connectivity index (χ0n) is 11.0. The van der Waals surface area contributed by atoms with E-state index < -0.39 is 10.0 Å².